The number of nitrogens with one attached hydrogen (secondary N) is 2. The van der Waals surface area contributed by atoms with E-state index in [4.69, 9.17) is 16.3 Å². The lowest BCUT2D eigenvalue weighted by atomic mass is 10.2. The predicted molar refractivity (Wildman–Crippen MR) is 85.0 cm³/mol. The second-order valence-electron chi connectivity index (χ2n) is 4.52. The van der Waals surface area contributed by atoms with Gasteiger partial charge in [0, 0.05) is 31.3 Å². The lowest BCUT2D eigenvalue weighted by Gasteiger charge is -2.07. The first-order valence-electron chi connectivity index (χ1n) is 6.76. The molecule has 22 heavy (non-hydrogen) atoms. The predicted octanol–water partition coefficient (Wildman–Crippen LogP) is 2.12. The van der Waals surface area contributed by atoms with Crippen molar-refractivity contribution < 1.29 is 9.53 Å². The van der Waals surface area contributed by atoms with Crippen LogP contribution in [-0.4, -0.2) is 36.1 Å². The SMILES string of the molecule is COCCNc1cc(C(=O)NCc2ccc(Cl)cc2)ncn1. The van der Waals surface area contributed by atoms with Gasteiger partial charge in [-0.3, -0.25) is 4.79 Å². The molecule has 0 saturated heterocycles. The van der Waals surface area contributed by atoms with Crippen LogP contribution in [0.25, 0.3) is 0 Å². The van der Waals surface area contributed by atoms with Gasteiger partial charge in [-0.1, -0.05) is 23.7 Å². The molecule has 116 valence electrons. The number of amides is 1. The molecule has 1 amide bonds. The number of ether oxygens (including phenoxy) is 1. The minimum atomic E-state index is -0.257. The third-order valence-electron chi connectivity index (χ3n) is 2.88. The van der Waals surface area contributed by atoms with Crippen LogP contribution in [0.15, 0.2) is 36.7 Å². The average molecular weight is 321 g/mol. The van der Waals surface area contributed by atoms with Crippen LogP contribution in [0.3, 0.4) is 0 Å². The smallest absolute Gasteiger partial charge is 0.270 e. The number of methoxy groups -OCH3 is 1. The monoisotopic (exact) mass is 320 g/mol. The number of aromatic nitrogens is 2. The maximum Gasteiger partial charge on any atom is 0.270 e. The molecule has 1 heterocycles. The van der Waals surface area contributed by atoms with Gasteiger partial charge >= 0.3 is 0 Å². The number of carbonyl (C=O) groups is 1. The summed E-state index contributed by atoms with van der Waals surface area (Å²) in [6.45, 7) is 1.58. The minimum absolute atomic E-state index is 0.257. The molecule has 0 aliphatic heterocycles. The number of rotatable bonds is 7. The van der Waals surface area contributed by atoms with E-state index >= 15 is 0 Å². The van der Waals surface area contributed by atoms with Crippen molar-refractivity contribution in [3.63, 3.8) is 0 Å². The standard InChI is InChI=1S/C15H17ClN4O2/c1-22-7-6-17-14-8-13(19-10-20-14)15(21)18-9-11-2-4-12(16)5-3-11/h2-5,8,10H,6-7,9H2,1H3,(H,18,21)(H,17,19,20). The van der Waals surface area contributed by atoms with Gasteiger partial charge in [0.2, 0.25) is 0 Å². The Morgan fingerprint density at radius 3 is 2.77 bits per heavy atom. The second kappa shape index (κ2) is 8.31. The van der Waals surface area contributed by atoms with Crippen molar-refractivity contribution in [2.45, 2.75) is 6.54 Å². The fraction of sp³-hybridized carbons (Fsp3) is 0.267. The molecule has 2 rings (SSSR count). The quantitative estimate of drug-likeness (QED) is 0.764. The lowest BCUT2D eigenvalue weighted by molar-refractivity contribution is 0.0946. The molecule has 0 unspecified atom stereocenters. The van der Waals surface area contributed by atoms with Gasteiger partial charge in [-0.2, -0.15) is 0 Å². The zero-order valence-corrected chi connectivity index (χ0v) is 12.9. The summed E-state index contributed by atoms with van der Waals surface area (Å²) in [5.74, 6) is 0.329. The Bertz CT molecular complexity index is 619. The Morgan fingerprint density at radius 2 is 2.05 bits per heavy atom. The van der Waals surface area contributed by atoms with Gasteiger partial charge in [-0.05, 0) is 17.7 Å². The summed E-state index contributed by atoms with van der Waals surface area (Å²) in [5.41, 5.74) is 1.27. The van der Waals surface area contributed by atoms with Crippen molar-refractivity contribution in [3.05, 3.63) is 52.9 Å². The first-order chi connectivity index (χ1) is 10.7. The van der Waals surface area contributed by atoms with Crippen LogP contribution in [-0.2, 0) is 11.3 Å². The van der Waals surface area contributed by atoms with Crippen LogP contribution in [0.2, 0.25) is 5.02 Å². The topological polar surface area (TPSA) is 76.1 Å². The first kappa shape index (κ1) is 16.2. The molecule has 1 aromatic heterocycles. The number of carbonyl (C=O) groups excluding carboxylic acids is 1. The third kappa shape index (κ3) is 4.98. The number of nitrogens with zero attached hydrogens (tertiary/aromatic N) is 2. The van der Waals surface area contributed by atoms with Crippen molar-refractivity contribution in [1.82, 2.24) is 15.3 Å². The molecule has 0 fully saturated rings. The van der Waals surface area contributed by atoms with E-state index in [2.05, 4.69) is 20.6 Å². The highest BCUT2D eigenvalue weighted by molar-refractivity contribution is 6.30. The van der Waals surface area contributed by atoms with Gasteiger partial charge in [-0.15, -0.1) is 0 Å². The van der Waals surface area contributed by atoms with E-state index in [9.17, 15) is 4.79 Å². The van der Waals surface area contributed by atoms with Gasteiger partial charge in [-0.25, -0.2) is 9.97 Å². The van der Waals surface area contributed by atoms with E-state index in [0.29, 0.717) is 36.2 Å². The highest BCUT2D eigenvalue weighted by Crippen LogP contribution is 2.09. The van der Waals surface area contributed by atoms with Gasteiger partial charge in [0.1, 0.15) is 17.8 Å². The van der Waals surface area contributed by atoms with Crippen molar-refractivity contribution >= 4 is 23.3 Å². The highest BCUT2D eigenvalue weighted by Gasteiger charge is 2.08. The fourth-order valence-corrected chi connectivity index (χ4v) is 1.86. The zero-order chi connectivity index (χ0) is 15.8. The highest BCUT2D eigenvalue weighted by atomic mass is 35.5. The molecule has 0 saturated carbocycles. The number of benzene rings is 1. The first-order valence-corrected chi connectivity index (χ1v) is 7.14. The van der Waals surface area contributed by atoms with E-state index in [1.807, 2.05) is 12.1 Å². The average Bonchev–Trinajstić information content (AvgIpc) is 2.54. The Hall–Kier alpha value is -2.18. The normalized spacial score (nSPS) is 10.3. The molecule has 0 radical (unpaired) electrons. The fourth-order valence-electron chi connectivity index (χ4n) is 1.73. The summed E-state index contributed by atoms with van der Waals surface area (Å²) < 4.78 is 4.94. The maximum absolute atomic E-state index is 12.1. The van der Waals surface area contributed by atoms with E-state index in [-0.39, 0.29) is 5.91 Å². The summed E-state index contributed by atoms with van der Waals surface area (Å²) in [6, 6.07) is 8.89. The molecule has 2 N–H and O–H groups in total. The molecule has 0 aliphatic rings. The molecule has 0 spiro atoms. The number of anilines is 1. The van der Waals surface area contributed by atoms with Crippen LogP contribution in [0.5, 0.6) is 0 Å². The minimum Gasteiger partial charge on any atom is -0.383 e. The molecule has 0 bridgehead atoms. The van der Waals surface area contributed by atoms with Gasteiger partial charge in [0.15, 0.2) is 0 Å². The van der Waals surface area contributed by atoms with E-state index in [1.165, 1.54) is 6.33 Å². The van der Waals surface area contributed by atoms with Gasteiger partial charge in [0.05, 0.1) is 6.61 Å². The summed E-state index contributed by atoms with van der Waals surface area (Å²) in [5, 5.41) is 6.52. The molecule has 0 aliphatic carbocycles. The molecule has 2 aromatic rings. The van der Waals surface area contributed by atoms with E-state index < -0.39 is 0 Å². The molecule has 0 atom stereocenters. The van der Waals surface area contributed by atoms with Crippen molar-refractivity contribution in [1.29, 1.82) is 0 Å². The largest absolute Gasteiger partial charge is 0.383 e. The lowest BCUT2D eigenvalue weighted by Crippen LogP contribution is -2.24. The Balaban J connectivity index is 1.91. The summed E-state index contributed by atoms with van der Waals surface area (Å²) >= 11 is 5.82. The second-order valence-corrected chi connectivity index (χ2v) is 4.95. The van der Waals surface area contributed by atoms with Crippen molar-refractivity contribution in [3.8, 4) is 0 Å². The summed E-state index contributed by atoms with van der Waals surface area (Å²) in [7, 11) is 1.62. The Labute approximate surface area is 133 Å². The Morgan fingerprint density at radius 1 is 1.27 bits per heavy atom. The summed E-state index contributed by atoms with van der Waals surface area (Å²) in [4.78, 5) is 20.1. The van der Waals surface area contributed by atoms with E-state index in [1.54, 1.807) is 25.3 Å². The van der Waals surface area contributed by atoms with Crippen molar-refractivity contribution in [2.24, 2.45) is 0 Å². The van der Waals surface area contributed by atoms with Crippen LogP contribution >= 0.6 is 11.6 Å². The van der Waals surface area contributed by atoms with Crippen molar-refractivity contribution in [2.75, 3.05) is 25.6 Å². The number of hydrogen-bond donors (Lipinski definition) is 2. The van der Waals surface area contributed by atoms with Crippen LogP contribution < -0.4 is 10.6 Å². The summed E-state index contributed by atoms with van der Waals surface area (Å²) in [6.07, 6.45) is 1.35. The van der Waals surface area contributed by atoms with Crippen LogP contribution in [0.1, 0.15) is 16.1 Å². The number of hydrogen-bond acceptors (Lipinski definition) is 5. The molecule has 7 heteroatoms. The Kier molecular flexibility index (Phi) is 6.12. The zero-order valence-electron chi connectivity index (χ0n) is 12.2. The third-order valence-corrected chi connectivity index (χ3v) is 3.13. The van der Waals surface area contributed by atoms with Crippen LogP contribution in [0.4, 0.5) is 5.82 Å². The van der Waals surface area contributed by atoms with Crippen LogP contribution in [0, 0.1) is 0 Å². The molecular weight excluding hydrogens is 304 g/mol. The molecule has 1 aromatic carbocycles. The van der Waals surface area contributed by atoms with Gasteiger partial charge < -0.3 is 15.4 Å². The maximum atomic E-state index is 12.1. The number of halogens is 1. The molecular formula is C15H17ClN4O2. The van der Waals surface area contributed by atoms with Gasteiger partial charge in [0.25, 0.3) is 5.91 Å². The van der Waals surface area contributed by atoms with E-state index in [0.717, 1.165) is 5.56 Å². The molecule has 6 nitrogen and oxygen atoms in total.